The van der Waals surface area contributed by atoms with Crippen molar-refractivity contribution < 1.29 is 14.3 Å². The number of amides is 2. The van der Waals surface area contributed by atoms with Gasteiger partial charge in [0.05, 0.1) is 18.2 Å². The van der Waals surface area contributed by atoms with E-state index in [4.69, 9.17) is 4.74 Å². The molecule has 0 spiro atoms. The van der Waals surface area contributed by atoms with Crippen LogP contribution in [0.3, 0.4) is 0 Å². The van der Waals surface area contributed by atoms with Crippen LogP contribution in [0.1, 0.15) is 41.0 Å². The van der Waals surface area contributed by atoms with E-state index >= 15 is 0 Å². The van der Waals surface area contributed by atoms with Gasteiger partial charge >= 0.3 is 0 Å². The summed E-state index contributed by atoms with van der Waals surface area (Å²) in [5.41, 5.74) is 0.758. The Balaban J connectivity index is 2.16. The average Bonchev–Trinajstić information content (AvgIpc) is 2.95. The van der Waals surface area contributed by atoms with E-state index in [1.54, 1.807) is 4.90 Å². The van der Waals surface area contributed by atoms with Crippen LogP contribution in [0.25, 0.3) is 0 Å². The first-order valence-electron chi connectivity index (χ1n) is 9.64. The fraction of sp³-hybridized carbons (Fsp3) is 0.619. The lowest BCUT2D eigenvalue weighted by Crippen LogP contribution is -2.41. The summed E-state index contributed by atoms with van der Waals surface area (Å²) in [5.74, 6) is 1.31. The number of benzene rings is 1. The van der Waals surface area contributed by atoms with E-state index in [0.717, 1.165) is 18.8 Å². The third-order valence-corrected chi connectivity index (χ3v) is 4.41. The Kier molecular flexibility index (Phi) is 7.06. The highest BCUT2D eigenvalue weighted by molar-refractivity contribution is 6.01. The average molecular weight is 360 g/mol. The lowest BCUT2D eigenvalue weighted by atomic mass is 10.0. The van der Waals surface area contributed by atoms with Crippen LogP contribution in [0.15, 0.2) is 24.3 Å². The van der Waals surface area contributed by atoms with Gasteiger partial charge in [-0.15, -0.1) is 0 Å². The molecule has 0 saturated carbocycles. The van der Waals surface area contributed by atoms with Crippen LogP contribution >= 0.6 is 0 Å². The van der Waals surface area contributed by atoms with E-state index in [1.165, 1.54) is 0 Å². The van der Waals surface area contributed by atoms with Gasteiger partial charge in [-0.05, 0) is 30.9 Å². The fourth-order valence-corrected chi connectivity index (χ4v) is 3.46. The molecule has 144 valence electrons. The van der Waals surface area contributed by atoms with Crippen LogP contribution in [0.2, 0.25) is 0 Å². The summed E-state index contributed by atoms with van der Waals surface area (Å²) in [5, 5.41) is 0. The van der Waals surface area contributed by atoms with Crippen LogP contribution in [0, 0.1) is 17.8 Å². The normalized spacial score (nSPS) is 17.3. The second kappa shape index (κ2) is 9.06. The molecule has 0 N–H and O–H groups in total. The van der Waals surface area contributed by atoms with Crippen molar-refractivity contribution in [2.45, 2.75) is 41.0 Å². The van der Waals surface area contributed by atoms with Gasteiger partial charge in [-0.1, -0.05) is 39.8 Å². The smallest absolute Gasteiger partial charge is 0.228 e. The lowest BCUT2D eigenvalue weighted by molar-refractivity contribution is -0.136. The molecule has 26 heavy (non-hydrogen) atoms. The molecule has 2 amide bonds. The maximum absolute atomic E-state index is 13.1. The van der Waals surface area contributed by atoms with Crippen LogP contribution in [-0.4, -0.2) is 43.0 Å². The van der Waals surface area contributed by atoms with Crippen LogP contribution in [0.4, 0.5) is 5.69 Å². The molecule has 1 aromatic carbocycles. The first-order valence-corrected chi connectivity index (χ1v) is 9.64. The largest absolute Gasteiger partial charge is 0.492 e. The summed E-state index contributed by atoms with van der Waals surface area (Å²) in [6, 6.07) is 7.54. The van der Waals surface area contributed by atoms with Gasteiger partial charge in [0.15, 0.2) is 0 Å². The molecule has 0 aromatic heterocycles. The predicted molar refractivity (Wildman–Crippen MR) is 104 cm³/mol. The number of ether oxygens (including phenoxy) is 1. The molecule has 1 aliphatic rings. The van der Waals surface area contributed by atoms with Gasteiger partial charge in [0, 0.05) is 26.1 Å². The highest BCUT2D eigenvalue weighted by atomic mass is 16.5. The zero-order valence-electron chi connectivity index (χ0n) is 16.7. The molecule has 1 atom stereocenters. The second-order valence-corrected chi connectivity index (χ2v) is 7.84. The molecule has 0 radical (unpaired) electrons. The third kappa shape index (κ3) is 4.99. The monoisotopic (exact) mass is 360 g/mol. The number of nitrogens with zero attached hydrogens (tertiary/aromatic N) is 2. The molecule has 1 unspecified atom stereocenters. The van der Waals surface area contributed by atoms with Crippen LogP contribution in [0.5, 0.6) is 5.75 Å². The summed E-state index contributed by atoms with van der Waals surface area (Å²) in [6.07, 6.45) is 0.270. The minimum absolute atomic E-state index is 0.00968. The van der Waals surface area contributed by atoms with Crippen LogP contribution < -0.4 is 9.64 Å². The Bertz CT molecular complexity index is 617. The Hall–Kier alpha value is -2.04. The Labute approximate surface area is 157 Å². The molecule has 1 aromatic rings. The maximum atomic E-state index is 13.1. The number of hydrogen-bond donors (Lipinski definition) is 0. The van der Waals surface area contributed by atoms with Gasteiger partial charge in [-0.2, -0.15) is 0 Å². The zero-order valence-corrected chi connectivity index (χ0v) is 16.7. The second-order valence-electron chi connectivity index (χ2n) is 7.84. The van der Waals surface area contributed by atoms with Crippen molar-refractivity contribution >= 4 is 17.5 Å². The number of para-hydroxylation sites is 2. The van der Waals surface area contributed by atoms with E-state index in [0.29, 0.717) is 30.7 Å². The number of carbonyl (C=O) groups excluding carboxylic acids is 2. The molecule has 1 fully saturated rings. The Morgan fingerprint density at radius 1 is 1.19 bits per heavy atom. The standard InChI is InChI=1S/C21H32N2O3/c1-6-26-19-10-8-7-9-18(19)23-14-17(11-20(23)24)21(25)22(12-15(2)3)13-16(4)5/h7-10,15-17H,6,11-14H2,1-5H3. The predicted octanol–water partition coefficient (Wildman–Crippen LogP) is 3.58. The van der Waals surface area contributed by atoms with Gasteiger partial charge < -0.3 is 14.5 Å². The lowest BCUT2D eigenvalue weighted by Gasteiger charge is -2.29. The van der Waals surface area contributed by atoms with E-state index in [9.17, 15) is 9.59 Å². The molecular weight excluding hydrogens is 328 g/mol. The minimum atomic E-state index is -0.283. The van der Waals surface area contributed by atoms with E-state index < -0.39 is 0 Å². The molecule has 1 saturated heterocycles. The Morgan fingerprint density at radius 3 is 2.38 bits per heavy atom. The first kappa shape index (κ1) is 20.3. The van der Waals surface area contributed by atoms with Gasteiger partial charge in [0.2, 0.25) is 11.8 Å². The minimum Gasteiger partial charge on any atom is -0.492 e. The molecule has 5 heteroatoms. The van der Waals surface area contributed by atoms with Gasteiger partial charge in [0.25, 0.3) is 0 Å². The van der Waals surface area contributed by atoms with Gasteiger partial charge in [-0.25, -0.2) is 0 Å². The van der Waals surface area contributed by atoms with Gasteiger partial charge in [0.1, 0.15) is 5.75 Å². The molecule has 1 aliphatic heterocycles. The Morgan fingerprint density at radius 2 is 1.81 bits per heavy atom. The molecule has 5 nitrogen and oxygen atoms in total. The molecular formula is C21H32N2O3. The van der Waals surface area contributed by atoms with Crippen molar-refractivity contribution in [3.63, 3.8) is 0 Å². The third-order valence-electron chi connectivity index (χ3n) is 4.41. The fourth-order valence-electron chi connectivity index (χ4n) is 3.46. The van der Waals surface area contributed by atoms with Crippen molar-refractivity contribution in [3.8, 4) is 5.75 Å². The summed E-state index contributed by atoms with van der Waals surface area (Å²) in [4.78, 5) is 29.3. The number of hydrogen-bond acceptors (Lipinski definition) is 3. The van der Waals surface area contributed by atoms with E-state index in [-0.39, 0.29) is 24.2 Å². The number of anilines is 1. The maximum Gasteiger partial charge on any atom is 0.228 e. The van der Waals surface area contributed by atoms with E-state index in [1.807, 2.05) is 36.1 Å². The summed E-state index contributed by atoms with van der Waals surface area (Å²) < 4.78 is 5.66. The summed E-state index contributed by atoms with van der Waals surface area (Å²) >= 11 is 0. The zero-order chi connectivity index (χ0) is 19.3. The number of carbonyl (C=O) groups is 2. The molecule has 1 heterocycles. The summed E-state index contributed by atoms with van der Waals surface area (Å²) in [7, 11) is 0. The number of rotatable bonds is 8. The summed E-state index contributed by atoms with van der Waals surface area (Å²) in [6.45, 7) is 12.8. The van der Waals surface area contributed by atoms with Crippen molar-refractivity contribution in [1.82, 2.24) is 4.90 Å². The van der Waals surface area contributed by atoms with E-state index in [2.05, 4.69) is 27.7 Å². The van der Waals surface area contributed by atoms with Gasteiger partial charge in [-0.3, -0.25) is 9.59 Å². The highest BCUT2D eigenvalue weighted by Crippen LogP contribution is 2.33. The SMILES string of the molecule is CCOc1ccccc1N1CC(C(=O)N(CC(C)C)CC(C)C)CC1=O. The topological polar surface area (TPSA) is 49.9 Å². The highest BCUT2D eigenvalue weighted by Gasteiger charge is 2.38. The van der Waals surface area contributed by atoms with Crippen molar-refractivity contribution in [3.05, 3.63) is 24.3 Å². The quantitative estimate of drug-likeness (QED) is 0.712. The van der Waals surface area contributed by atoms with Crippen LogP contribution in [-0.2, 0) is 9.59 Å². The molecule has 0 aliphatic carbocycles. The van der Waals surface area contributed by atoms with Crippen molar-refractivity contribution in [2.24, 2.45) is 17.8 Å². The molecule has 0 bridgehead atoms. The molecule has 2 rings (SSSR count). The van der Waals surface area contributed by atoms with Crippen molar-refractivity contribution in [2.75, 3.05) is 31.1 Å². The van der Waals surface area contributed by atoms with Crippen molar-refractivity contribution in [1.29, 1.82) is 0 Å². The first-order chi connectivity index (χ1) is 12.3.